The predicted octanol–water partition coefficient (Wildman–Crippen LogP) is 3.57. The number of carbonyl (C=O) groups is 1. The lowest BCUT2D eigenvalue weighted by Crippen LogP contribution is -2.15. The number of aromatic nitrogens is 1. The quantitative estimate of drug-likeness (QED) is 0.896. The van der Waals surface area contributed by atoms with Crippen molar-refractivity contribution in [3.8, 4) is 5.75 Å². The standard InChI is InChI=1S/C16H16BrNO3/c1-10-6-14(21-2)8-13(18-10)9-15(16(19)20)11-4-3-5-12(17)7-11/h3-8,15H,9H2,1-2H3,(H,19,20). The molecule has 0 radical (unpaired) electrons. The number of halogens is 1. The van der Waals surface area contributed by atoms with E-state index in [0.717, 1.165) is 15.7 Å². The largest absolute Gasteiger partial charge is 0.497 e. The molecule has 0 bridgehead atoms. The van der Waals surface area contributed by atoms with E-state index in [2.05, 4.69) is 20.9 Å². The predicted molar refractivity (Wildman–Crippen MR) is 83.7 cm³/mol. The fraction of sp³-hybridized carbons (Fsp3) is 0.250. The number of nitrogens with zero attached hydrogens (tertiary/aromatic N) is 1. The van der Waals surface area contributed by atoms with Crippen LogP contribution < -0.4 is 4.74 Å². The van der Waals surface area contributed by atoms with Gasteiger partial charge in [-0.15, -0.1) is 0 Å². The maximum atomic E-state index is 11.6. The van der Waals surface area contributed by atoms with Crippen LogP contribution in [0, 0.1) is 6.92 Å². The van der Waals surface area contributed by atoms with Gasteiger partial charge in [-0.1, -0.05) is 28.1 Å². The van der Waals surface area contributed by atoms with Crippen molar-refractivity contribution in [2.45, 2.75) is 19.3 Å². The first-order valence-corrected chi connectivity index (χ1v) is 7.28. The van der Waals surface area contributed by atoms with Gasteiger partial charge < -0.3 is 9.84 Å². The van der Waals surface area contributed by atoms with Gasteiger partial charge in [0.25, 0.3) is 0 Å². The Balaban J connectivity index is 2.33. The Hall–Kier alpha value is -1.88. The molecule has 5 heteroatoms. The maximum Gasteiger partial charge on any atom is 0.311 e. The van der Waals surface area contributed by atoms with Crippen molar-refractivity contribution in [2.24, 2.45) is 0 Å². The summed E-state index contributed by atoms with van der Waals surface area (Å²) in [6.45, 7) is 1.86. The highest BCUT2D eigenvalue weighted by Gasteiger charge is 2.21. The van der Waals surface area contributed by atoms with Crippen LogP contribution in [0.25, 0.3) is 0 Å². The van der Waals surface area contributed by atoms with E-state index in [1.807, 2.05) is 37.3 Å². The number of pyridine rings is 1. The highest BCUT2D eigenvalue weighted by Crippen LogP contribution is 2.25. The van der Waals surface area contributed by atoms with E-state index in [9.17, 15) is 9.90 Å². The molecule has 1 aromatic carbocycles. The summed E-state index contributed by atoms with van der Waals surface area (Å²) in [4.78, 5) is 16.0. The highest BCUT2D eigenvalue weighted by molar-refractivity contribution is 9.10. The number of aliphatic carboxylic acids is 1. The van der Waals surface area contributed by atoms with Crippen LogP contribution in [0.1, 0.15) is 22.9 Å². The summed E-state index contributed by atoms with van der Waals surface area (Å²) in [7, 11) is 1.58. The summed E-state index contributed by atoms with van der Waals surface area (Å²) in [6, 6.07) is 10.9. The molecule has 1 unspecified atom stereocenters. The molecule has 0 saturated carbocycles. The normalized spacial score (nSPS) is 12.0. The molecule has 0 spiro atoms. The summed E-state index contributed by atoms with van der Waals surface area (Å²) in [6.07, 6.45) is 0.323. The molecule has 1 heterocycles. The topological polar surface area (TPSA) is 59.4 Å². The molecule has 0 aliphatic carbocycles. The molecular weight excluding hydrogens is 334 g/mol. The van der Waals surface area contributed by atoms with E-state index in [1.54, 1.807) is 13.2 Å². The molecule has 4 nitrogen and oxygen atoms in total. The Kier molecular flexibility index (Phi) is 4.96. The SMILES string of the molecule is COc1cc(C)nc(CC(C(=O)O)c2cccc(Br)c2)c1. The minimum absolute atomic E-state index is 0.323. The van der Waals surface area contributed by atoms with Crippen molar-refractivity contribution in [1.82, 2.24) is 4.98 Å². The van der Waals surface area contributed by atoms with Crippen LogP contribution in [-0.4, -0.2) is 23.2 Å². The first-order valence-electron chi connectivity index (χ1n) is 6.49. The lowest BCUT2D eigenvalue weighted by atomic mass is 9.94. The fourth-order valence-electron chi connectivity index (χ4n) is 2.21. The molecule has 1 aromatic heterocycles. The second-order valence-corrected chi connectivity index (χ2v) is 5.71. The van der Waals surface area contributed by atoms with Crippen LogP contribution in [0.2, 0.25) is 0 Å². The monoisotopic (exact) mass is 349 g/mol. The average Bonchev–Trinajstić information content (AvgIpc) is 2.43. The van der Waals surface area contributed by atoms with Crippen molar-refractivity contribution in [1.29, 1.82) is 0 Å². The van der Waals surface area contributed by atoms with Crippen LogP contribution in [0.5, 0.6) is 5.75 Å². The van der Waals surface area contributed by atoms with Crippen LogP contribution in [-0.2, 0) is 11.2 Å². The molecule has 0 fully saturated rings. The molecule has 0 aliphatic heterocycles. The summed E-state index contributed by atoms with van der Waals surface area (Å²) in [5.41, 5.74) is 2.26. The van der Waals surface area contributed by atoms with Crippen molar-refractivity contribution in [2.75, 3.05) is 7.11 Å². The molecule has 110 valence electrons. The third-order valence-corrected chi connectivity index (χ3v) is 3.67. The number of hydrogen-bond donors (Lipinski definition) is 1. The van der Waals surface area contributed by atoms with Crippen molar-refractivity contribution >= 4 is 21.9 Å². The zero-order valence-electron chi connectivity index (χ0n) is 11.8. The van der Waals surface area contributed by atoms with E-state index >= 15 is 0 Å². The summed E-state index contributed by atoms with van der Waals surface area (Å²) >= 11 is 3.37. The number of benzene rings is 1. The van der Waals surface area contributed by atoms with Gasteiger partial charge in [-0.05, 0) is 24.6 Å². The van der Waals surface area contributed by atoms with E-state index in [4.69, 9.17) is 4.74 Å². The molecule has 0 aliphatic rings. The Bertz CT molecular complexity index is 658. The van der Waals surface area contributed by atoms with Crippen LogP contribution >= 0.6 is 15.9 Å². The van der Waals surface area contributed by atoms with Gasteiger partial charge in [0, 0.05) is 34.4 Å². The molecule has 2 rings (SSSR count). The summed E-state index contributed by atoms with van der Waals surface area (Å²) < 4.78 is 6.07. The molecule has 1 N–H and O–H groups in total. The van der Waals surface area contributed by atoms with Gasteiger partial charge in [0.2, 0.25) is 0 Å². The third-order valence-electron chi connectivity index (χ3n) is 3.18. The van der Waals surface area contributed by atoms with E-state index in [-0.39, 0.29) is 0 Å². The lowest BCUT2D eigenvalue weighted by Gasteiger charge is -2.14. The number of ether oxygens (including phenoxy) is 1. The minimum Gasteiger partial charge on any atom is -0.497 e. The maximum absolute atomic E-state index is 11.6. The first-order chi connectivity index (χ1) is 9.99. The van der Waals surface area contributed by atoms with Crippen molar-refractivity contribution in [3.63, 3.8) is 0 Å². The van der Waals surface area contributed by atoms with Gasteiger partial charge in [0.1, 0.15) is 5.75 Å². The van der Waals surface area contributed by atoms with Gasteiger partial charge in [0.05, 0.1) is 13.0 Å². The second kappa shape index (κ2) is 6.72. The van der Waals surface area contributed by atoms with Crippen molar-refractivity contribution in [3.05, 3.63) is 57.8 Å². The fourth-order valence-corrected chi connectivity index (χ4v) is 2.62. The second-order valence-electron chi connectivity index (χ2n) is 4.79. The molecule has 1 atom stereocenters. The zero-order valence-corrected chi connectivity index (χ0v) is 13.4. The number of carboxylic acid groups (broad SMARTS) is 1. The highest BCUT2D eigenvalue weighted by atomic mass is 79.9. The zero-order chi connectivity index (χ0) is 15.4. The first kappa shape index (κ1) is 15.5. The van der Waals surface area contributed by atoms with E-state index < -0.39 is 11.9 Å². The van der Waals surface area contributed by atoms with E-state index in [0.29, 0.717) is 17.9 Å². The minimum atomic E-state index is -0.865. The molecule has 21 heavy (non-hydrogen) atoms. The number of carboxylic acids is 1. The van der Waals surface area contributed by atoms with Crippen molar-refractivity contribution < 1.29 is 14.6 Å². The van der Waals surface area contributed by atoms with Gasteiger partial charge >= 0.3 is 5.97 Å². The van der Waals surface area contributed by atoms with Gasteiger partial charge in [-0.25, -0.2) is 0 Å². The third kappa shape index (κ3) is 4.04. The van der Waals surface area contributed by atoms with E-state index in [1.165, 1.54) is 0 Å². The number of hydrogen-bond acceptors (Lipinski definition) is 3. The number of rotatable bonds is 5. The average molecular weight is 350 g/mol. The molecule has 2 aromatic rings. The van der Waals surface area contributed by atoms with Crippen LogP contribution in [0.4, 0.5) is 0 Å². The Labute approximate surface area is 131 Å². The molecule has 0 amide bonds. The Morgan fingerprint density at radius 3 is 2.76 bits per heavy atom. The molecular formula is C16H16BrNO3. The molecule has 0 saturated heterocycles. The smallest absolute Gasteiger partial charge is 0.311 e. The summed E-state index contributed by atoms with van der Waals surface area (Å²) in [5.74, 6) is -0.812. The van der Waals surface area contributed by atoms with Crippen LogP contribution in [0.3, 0.4) is 0 Å². The van der Waals surface area contributed by atoms with Crippen LogP contribution in [0.15, 0.2) is 40.9 Å². The Morgan fingerprint density at radius 2 is 2.14 bits per heavy atom. The summed E-state index contributed by atoms with van der Waals surface area (Å²) in [5, 5.41) is 9.50. The van der Waals surface area contributed by atoms with Gasteiger partial charge in [0.15, 0.2) is 0 Å². The lowest BCUT2D eigenvalue weighted by molar-refractivity contribution is -0.138. The Morgan fingerprint density at radius 1 is 1.38 bits per heavy atom. The van der Waals surface area contributed by atoms with Gasteiger partial charge in [-0.3, -0.25) is 9.78 Å². The number of methoxy groups -OCH3 is 1. The van der Waals surface area contributed by atoms with Gasteiger partial charge in [-0.2, -0.15) is 0 Å². The number of aryl methyl sites for hydroxylation is 1.